The highest BCUT2D eigenvalue weighted by Crippen LogP contribution is 2.31. The molecule has 2 aliphatic rings. The van der Waals surface area contributed by atoms with Crippen molar-refractivity contribution in [1.29, 1.82) is 0 Å². The number of esters is 1. The number of nitrogens with zero attached hydrogens (tertiary/aromatic N) is 2. The summed E-state index contributed by atoms with van der Waals surface area (Å²) in [5, 5.41) is 8.21. The van der Waals surface area contributed by atoms with Gasteiger partial charge in [-0.15, -0.1) is 10.2 Å². The maximum Gasteiger partial charge on any atom is 0.519 e. The Morgan fingerprint density at radius 3 is 2.73 bits per heavy atom. The lowest BCUT2D eigenvalue weighted by molar-refractivity contribution is -0.139. The van der Waals surface area contributed by atoms with Crippen LogP contribution in [0, 0.1) is 6.92 Å². The van der Waals surface area contributed by atoms with Gasteiger partial charge in [0.1, 0.15) is 18.1 Å². The fourth-order valence-electron chi connectivity index (χ4n) is 2.92. The first-order valence-electron chi connectivity index (χ1n) is 7.99. The maximum absolute atomic E-state index is 11.6. The van der Waals surface area contributed by atoms with Gasteiger partial charge < -0.3 is 13.6 Å². The number of carbonyl (C=O) groups is 1. The molecule has 1 aromatic heterocycles. The van der Waals surface area contributed by atoms with E-state index >= 15 is 0 Å². The quantitative estimate of drug-likeness (QED) is 0.636. The van der Waals surface area contributed by atoms with Crippen LogP contribution in [-0.2, 0) is 21.0 Å². The molecule has 1 fully saturated rings. The Morgan fingerprint density at radius 2 is 2.00 bits per heavy atom. The summed E-state index contributed by atoms with van der Waals surface area (Å²) in [7, 11) is 0. The largest absolute Gasteiger partial charge is 0.519 e. The Labute approximate surface area is 147 Å². The van der Waals surface area contributed by atoms with Crippen molar-refractivity contribution in [2.75, 3.05) is 0 Å². The van der Waals surface area contributed by atoms with E-state index in [0.29, 0.717) is 17.9 Å². The molecule has 0 radical (unpaired) electrons. The van der Waals surface area contributed by atoms with E-state index < -0.39 is 11.4 Å². The third kappa shape index (κ3) is 2.76. The predicted octanol–water partition coefficient (Wildman–Crippen LogP) is 1.45. The summed E-state index contributed by atoms with van der Waals surface area (Å²) in [6, 6.07) is 9.42. The fraction of sp³-hybridized carbons (Fsp3) is 0.294. The number of hydroxylamine groups is 1. The predicted molar refractivity (Wildman–Crippen MR) is 88.4 cm³/mol. The summed E-state index contributed by atoms with van der Waals surface area (Å²) in [4.78, 5) is 28.3. The SMILES string of the molecule is Cc1oc(=O)oc1CONC12CCC(=O)OC1=NN=C2c1ccccc1. The molecule has 2 aromatic rings. The lowest BCUT2D eigenvalue weighted by Gasteiger charge is -2.34. The van der Waals surface area contributed by atoms with Gasteiger partial charge in [0.15, 0.2) is 11.3 Å². The van der Waals surface area contributed by atoms with Gasteiger partial charge in [-0.1, -0.05) is 30.3 Å². The first kappa shape index (κ1) is 16.4. The maximum atomic E-state index is 11.6. The van der Waals surface area contributed by atoms with Gasteiger partial charge in [-0.05, 0) is 13.3 Å². The van der Waals surface area contributed by atoms with Crippen LogP contribution in [0.15, 0.2) is 54.2 Å². The van der Waals surface area contributed by atoms with Gasteiger partial charge in [0.25, 0.3) is 0 Å². The highest BCUT2D eigenvalue weighted by Gasteiger charge is 2.51. The Kier molecular flexibility index (Phi) is 4.02. The standard InChI is InChI=1S/C17H15N3O6/c1-10-12(25-16(22)24-10)9-23-20-17-8-7-13(21)26-15(17)19-18-14(17)11-5-3-2-4-6-11/h2-6,20H,7-9H2,1H3. The van der Waals surface area contributed by atoms with Crippen LogP contribution in [0.1, 0.15) is 29.9 Å². The van der Waals surface area contributed by atoms with Crippen LogP contribution >= 0.6 is 0 Å². The summed E-state index contributed by atoms with van der Waals surface area (Å²) in [6.07, 6.45) is 0.549. The fourth-order valence-corrected chi connectivity index (χ4v) is 2.92. The molecule has 1 unspecified atom stereocenters. The summed E-state index contributed by atoms with van der Waals surface area (Å²) in [5.74, 6) is -0.427. The van der Waals surface area contributed by atoms with Crippen molar-refractivity contribution in [2.24, 2.45) is 10.2 Å². The summed E-state index contributed by atoms with van der Waals surface area (Å²) in [5.41, 5.74) is 3.33. The molecule has 26 heavy (non-hydrogen) atoms. The Bertz CT molecular complexity index is 958. The van der Waals surface area contributed by atoms with Gasteiger partial charge in [0, 0.05) is 12.0 Å². The molecule has 1 atom stereocenters. The zero-order valence-corrected chi connectivity index (χ0v) is 13.9. The van der Waals surface area contributed by atoms with E-state index in [1.165, 1.54) is 0 Å². The van der Waals surface area contributed by atoms with Crippen LogP contribution in [0.3, 0.4) is 0 Å². The van der Waals surface area contributed by atoms with E-state index in [4.69, 9.17) is 18.4 Å². The third-order valence-electron chi connectivity index (χ3n) is 4.26. The normalized spacial score (nSPS) is 21.8. The minimum absolute atomic E-state index is 0.0530. The Morgan fingerprint density at radius 1 is 1.19 bits per heavy atom. The molecule has 1 N–H and O–H groups in total. The van der Waals surface area contributed by atoms with Gasteiger partial charge in [-0.2, -0.15) is 5.48 Å². The first-order chi connectivity index (χ1) is 12.6. The third-order valence-corrected chi connectivity index (χ3v) is 4.26. The number of hydrogen-bond acceptors (Lipinski definition) is 9. The van der Waals surface area contributed by atoms with Crippen molar-refractivity contribution >= 4 is 17.6 Å². The average molecular weight is 357 g/mol. The molecule has 0 spiro atoms. The van der Waals surface area contributed by atoms with Crippen LogP contribution in [0.5, 0.6) is 0 Å². The smallest absolute Gasteiger partial charge is 0.407 e. The van der Waals surface area contributed by atoms with Crippen LogP contribution in [0.2, 0.25) is 0 Å². The minimum atomic E-state index is -0.993. The summed E-state index contributed by atoms with van der Waals surface area (Å²) in [6.45, 7) is 1.55. The molecule has 3 heterocycles. The van der Waals surface area contributed by atoms with Crippen LogP contribution < -0.4 is 11.3 Å². The number of rotatable bonds is 5. The molecule has 0 amide bonds. The lowest BCUT2D eigenvalue weighted by atomic mass is 9.84. The first-order valence-corrected chi connectivity index (χ1v) is 7.99. The van der Waals surface area contributed by atoms with Crippen molar-refractivity contribution in [1.82, 2.24) is 5.48 Å². The number of benzene rings is 1. The average Bonchev–Trinajstić information content (AvgIpc) is 3.15. The van der Waals surface area contributed by atoms with Gasteiger partial charge in [-0.25, -0.2) is 4.79 Å². The number of aryl methyl sites for hydroxylation is 1. The highest BCUT2D eigenvalue weighted by atomic mass is 16.7. The molecule has 9 heteroatoms. The van der Waals surface area contributed by atoms with E-state index in [-0.39, 0.29) is 30.7 Å². The Hall–Kier alpha value is -3.04. The molecule has 0 aliphatic carbocycles. The second kappa shape index (κ2) is 6.36. The van der Waals surface area contributed by atoms with Crippen LogP contribution in [-0.4, -0.2) is 23.1 Å². The molecule has 1 aromatic carbocycles. The molecule has 4 rings (SSSR count). The number of hydrogen-bond donors (Lipinski definition) is 1. The topological polar surface area (TPSA) is 116 Å². The molecule has 1 saturated heterocycles. The minimum Gasteiger partial charge on any atom is -0.407 e. The van der Waals surface area contributed by atoms with E-state index in [2.05, 4.69) is 15.7 Å². The molecule has 0 bridgehead atoms. The Balaban J connectivity index is 1.59. The monoisotopic (exact) mass is 357 g/mol. The van der Waals surface area contributed by atoms with E-state index in [1.807, 2.05) is 30.3 Å². The highest BCUT2D eigenvalue weighted by molar-refractivity contribution is 6.24. The molecule has 0 saturated carbocycles. The van der Waals surface area contributed by atoms with Crippen molar-refractivity contribution in [3.63, 3.8) is 0 Å². The number of nitrogens with one attached hydrogen (secondary N) is 1. The number of carbonyl (C=O) groups excluding carboxylic acids is 1. The second-order valence-electron chi connectivity index (χ2n) is 5.92. The number of ether oxygens (including phenoxy) is 1. The van der Waals surface area contributed by atoms with Crippen molar-refractivity contribution in [2.45, 2.75) is 31.9 Å². The lowest BCUT2D eigenvalue weighted by Crippen LogP contribution is -2.59. The molecular weight excluding hydrogens is 342 g/mol. The van der Waals surface area contributed by atoms with Gasteiger partial charge in [0.2, 0.25) is 5.90 Å². The van der Waals surface area contributed by atoms with Crippen LogP contribution in [0.4, 0.5) is 0 Å². The number of fused-ring (bicyclic) bond motifs is 1. The van der Waals surface area contributed by atoms with E-state index in [0.717, 1.165) is 5.56 Å². The van der Waals surface area contributed by atoms with Crippen molar-refractivity contribution in [3.05, 3.63) is 58.0 Å². The van der Waals surface area contributed by atoms with E-state index in [1.54, 1.807) is 6.92 Å². The molecule has 134 valence electrons. The molecule has 2 aliphatic heterocycles. The zero-order valence-electron chi connectivity index (χ0n) is 13.9. The zero-order chi connectivity index (χ0) is 18.1. The second-order valence-corrected chi connectivity index (χ2v) is 5.92. The molecular formula is C17H15N3O6. The molecule has 9 nitrogen and oxygen atoms in total. The van der Waals surface area contributed by atoms with Gasteiger partial charge >= 0.3 is 11.8 Å². The van der Waals surface area contributed by atoms with Gasteiger partial charge in [0.05, 0.1) is 0 Å². The summed E-state index contributed by atoms with van der Waals surface area (Å²) >= 11 is 0. The van der Waals surface area contributed by atoms with E-state index in [9.17, 15) is 9.59 Å². The van der Waals surface area contributed by atoms with Crippen LogP contribution in [0.25, 0.3) is 0 Å². The van der Waals surface area contributed by atoms with Crippen molar-refractivity contribution in [3.8, 4) is 0 Å². The van der Waals surface area contributed by atoms with Crippen molar-refractivity contribution < 1.29 is 23.2 Å². The summed E-state index contributed by atoms with van der Waals surface area (Å²) < 4.78 is 15.0. The van der Waals surface area contributed by atoms with Gasteiger partial charge in [-0.3, -0.25) is 9.63 Å².